The predicted octanol–water partition coefficient (Wildman–Crippen LogP) is 2.71. The van der Waals surface area contributed by atoms with E-state index < -0.39 is 15.7 Å². The molecule has 152 valence electrons. The van der Waals surface area contributed by atoms with Gasteiger partial charge in [-0.2, -0.15) is 0 Å². The van der Waals surface area contributed by atoms with Gasteiger partial charge in [-0.15, -0.1) is 0 Å². The lowest BCUT2D eigenvalue weighted by atomic mass is 10.1. The van der Waals surface area contributed by atoms with Crippen molar-refractivity contribution in [2.75, 3.05) is 5.32 Å². The van der Waals surface area contributed by atoms with Crippen LogP contribution in [0.25, 0.3) is 0 Å². The van der Waals surface area contributed by atoms with Gasteiger partial charge in [0.1, 0.15) is 6.10 Å². The number of hydrogen-bond donors (Lipinski definition) is 1. The molecular weight excluding hydrogens is 392 g/mol. The number of benzene rings is 1. The number of nitrogens with one attached hydrogen (secondary N) is 1. The van der Waals surface area contributed by atoms with E-state index in [0.29, 0.717) is 24.2 Å². The van der Waals surface area contributed by atoms with Crippen molar-refractivity contribution in [1.82, 2.24) is 9.97 Å². The molecule has 0 unspecified atom stereocenters. The molecule has 8 nitrogen and oxygen atoms in total. The zero-order valence-corrected chi connectivity index (χ0v) is 16.6. The first-order valence-electron chi connectivity index (χ1n) is 9.69. The van der Waals surface area contributed by atoms with E-state index in [4.69, 9.17) is 4.84 Å². The van der Waals surface area contributed by atoms with Crippen LogP contribution in [-0.2, 0) is 19.5 Å². The minimum absolute atomic E-state index is 0.0103. The smallest absolute Gasteiger partial charge is 0.279 e. The first-order valence-corrected chi connectivity index (χ1v) is 11.2. The first kappa shape index (κ1) is 19.5. The largest absolute Gasteiger partial charge is 0.392 e. The fourth-order valence-electron chi connectivity index (χ4n) is 3.26. The van der Waals surface area contributed by atoms with Crippen LogP contribution in [-0.4, -0.2) is 41.4 Å². The number of aromatic nitrogens is 2. The Bertz CT molecular complexity index is 997. The molecular formula is C20H22N4O4S. The van der Waals surface area contributed by atoms with Crippen LogP contribution in [0, 0.1) is 0 Å². The SMILES string of the molecule is O=C(Nc1cnccn1)C(=NOC1CCCC1)c1ccc(S(=O)(=O)C2CC2)cc1. The summed E-state index contributed by atoms with van der Waals surface area (Å²) in [7, 11) is -3.29. The molecule has 1 aromatic heterocycles. The highest BCUT2D eigenvalue weighted by Gasteiger charge is 2.36. The zero-order chi connectivity index (χ0) is 20.3. The number of rotatable bonds is 7. The summed E-state index contributed by atoms with van der Waals surface area (Å²) in [6.45, 7) is 0. The number of amides is 1. The van der Waals surface area contributed by atoms with Crippen molar-refractivity contribution in [3.05, 3.63) is 48.4 Å². The Morgan fingerprint density at radius 2 is 1.79 bits per heavy atom. The molecule has 0 atom stereocenters. The minimum Gasteiger partial charge on any atom is -0.392 e. The topological polar surface area (TPSA) is 111 Å². The molecule has 1 heterocycles. The molecule has 2 aromatic rings. The van der Waals surface area contributed by atoms with Crippen LogP contribution in [0.15, 0.2) is 52.9 Å². The van der Waals surface area contributed by atoms with E-state index >= 15 is 0 Å². The molecule has 2 fully saturated rings. The molecule has 2 aliphatic rings. The van der Waals surface area contributed by atoms with E-state index in [-0.39, 0.29) is 22.0 Å². The predicted molar refractivity (Wildman–Crippen MR) is 107 cm³/mol. The summed E-state index contributed by atoms with van der Waals surface area (Å²) in [5.74, 6) is -0.208. The molecule has 2 aliphatic carbocycles. The average molecular weight is 414 g/mol. The maximum absolute atomic E-state index is 12.8. The zero-order valence-electron chi connectivity index (χ0n) is 15.8. The van der Waals surface area contributed by atoms with Gasteiger partial charge in [0.05, 0.1) is 16.3 Å². The van der Waals surface area contributed by atoms with Crippen molar-refractivity contribution in [3.8, 4) is 0 Å². The van der Waals surface area contributed by atoms with Gasteiger partial charge in [-0.1, -0.05) is 17.3 Å². The Hall–Kier alpha value is -2.81. The van der Waals surface area contributed by atoms with E-state index in [1.54, 1.807) is 12.1 Å². The van der Waals surface area contributed by atoms with E-state index in [1.807, 2.05) is 0 Å². The summed E-state index contributed by atoms with van der Waals surface area (Å²) >= 11 is 0. The third-order valence-corrected chi connectivity index (χ3v) is 7.31. The van der Waals surface area contributed by atoms with Crippen LogP contribution in [0.3, 0.4) is 0 Å². The molecule has 0 aliphatic heterocycles. The Morgan fingerprint density at radius 3 is 2.41 bits per heavy atom. The summed E-state index contributed by atoms with van der Waals surface area (Å²) in [6.07, 6.45) is 9.76. The molecule has 0 radical (unpaired) electrons. The lowest BCUT2D eigenvalue weighted by molar-refractivity contribution is -0.110. The van der Waals surface area contributed by atoms with Gasteiger partial charge in [0, 0.05) is 18.0 Å². The molecule has 4 rings (SSSR count). The van der Waals surface area contributed by atoms with Crippen molar-refractivity contribution >= 4 is 27.3 Å². The van der Waals surface area contributed by atoms with Crippen LogP contribution < -0.4 is 5.32 Å². The molecule has 2 saturated carbocycles. The normalized spacial score (nSPS) is 17.9. The fourth-order valence-corrected chi connectivity index (χ4v) is 4.92. The number of oxime groups is 1. The second-order valence-electron chi connectivity index (χ2n) is 7.27. The van der Waals surface area contributed by atoms with Crippen LogP contribution >= 0.6 is 0 Å². The second-order valence-corrected chi connectivity index (χ2v) is 9.49. The van der Waals surface area contributed by atoms with Gasteiger partial charge in [-0.3, -0.25) is 9.78 Å². The quantitative estimate of drug-likeness (QED) is 0.551. The maximum Gasteiger partial charge on any atom is 0.279 e. The van der Waals surface area contributed by atoms with Crippen molar-refractivity contribution in [3.63, 3.8) is 0 Å². The molecule has 29 heavy (non-hydrogen) atoms. The molecule has 9 heteroatoms. The summed E-state index contributed by atoms with van der Waals surface area (Å²) < 4.78 is 24.8. The van der Waals surface area contributed by atoms with Gasteiger partial charge < -0.3 is 10.2 Å². The number of nitrogens with zero attached hydrogens (tertiary/aromatic N) is 3. The standard InChI is InChI=1S/C20H22N4O4S/c25-20(23-18-13-21-11-12-22-18)19(24-28-15-3-1-2-4-15)14-5-7-16(8-6-14)29(26,27)17-9-10-17/h5-8,11-13,15,17H,1-4,9-10H2,(H,22,23,25). The monoisotopic (exact) mass is 414 g/mol. The molecule has 1 aromatic carbocycles. The molecule has 0 spiro atoms. The minimum atomic E-state index is -3.29. The summed E-state index contributed by atoms with van der Waals surface area (Å²) in [5.41, 5.74) is 0.539. The van der Waals surface area contributed by atoms with Gasteiger partial charge in [-0.25, -0.2) is 13.4 Å². The van der Waals surface area contributed by atoms with Gasteiger partial charge in [0.15, 0.2) is 21.4 Å². The highest BCUT2D eigenvalue weighted by atomic mass is 32.2. The number of sulfone groups is 1. The van der Waals surface area contributed by atoms with Crippen LogP contribution in [0.2, 0.25) is 0 Å². The fraction of sp³-hybridized carbons (Fsp3) is 0.400. The van der Waals surface area contributed by atoms with E-state index in [1.165, 1.54) is 30.7 Å². The van der Waals surface area contributed by atoms with Gasteiger partial charge >= 0.3 is 0 Å². The van der Waals surface area contributed by atoms with Crippen LogP contribution in [0.4, 0.5) is 5.82 Å². The highest BCUT2D eigenvalue weighted by Crippen LogP contribution is 2.33. The molecule has 0 saturated heterocycles. The number of carbonyl (C=O) groups excluding carboxylic acids is 1. The van der Waals surface area contributed by atoms with Crippen molar-refractivity contribution in [2.24, 2.45) is 5.16 Å². The van der Waals surface area contributed by atoms with Crippen molar-refractivity contribution in [2.45, 2.75) is 54.8 Å². The Morgan fingerprint density at radius 1 is 1.07 bits per heavy atom. The maximum atomic E-state index is 12.8. The molecule has 0 bridgehead atoms. The Labute approximate surface area is 169 Å². The van der Waals surface area contributed by atoms with E-state index in [0.717, 1.165) is 25.7 Å². The van der Waals surface area contributed by atoms with Gasteiger partial charge in [-0.05, 0) is 50.7 Å². The Kier molecular flexibility index (Phi) is 5.57. The number of carbonyl (C=O) groups is 1. The highest BCUT2D eigenvalue weighted by molar-refractivity contribution is 7.92. The second kappa shape index (κ2) is 8.28. The summed E-state index contributed by atoms with van der Waals surface area (Å²) in [5, 5.41) is 6.48. The van der Waals surface area contributed by atoms with E-state index in [9.17, 15) is 13.2 Å². The van der Waals surface area contributed by atoms with Crippen LogP contribution in [0.1, 0.15) is 44.1 Å². The lowest BCUT2D eigenvalue weighted by Crippen LogP contribution is -2.25. The third-order valence-electron chi connectivity index (χ3n) is 5.03. The number of anilines is 1. The summed E-state index contributed by atoms with van der Waals surface area (Å²) in [6, 6.07) is 6.21. The van der Waals surface area contributed by atoms with Crippen LogP contribution in [0.5, 0.6) is 0 Å². The molecule has 1 N–H and O–H groups in total. The van der Waals surface area contributed by atoms with Gasteiger partial charge in [0.25, 0.3) is 5.91 Å². The van der Waals surface area contributed by atoms with Crippen molar-refractivity contribution in [1.29, 1.82) is 0 Å². The lowest BCUT2D eigenvalue weighted by Gasteiger charge is -2.11. The third kappa shape index (κ3) is 4.61. The summed E-state index contributed by atoms with van der Waals surface area (Å²) in [4.78, 5) is 26.6. The van der Waals surface area contributed by atoms with Crippen molar-refractivity contribution < 1.29 is 18.0 Å². The van der Waals surface area contributed by atoms with E-state index in [2.05, 4.69) is 20.4 Å². The Balaban J connectivity index is 1.58. The number of hydrogen-bond acceptors (Lipinski definition) is 7. The van der Waals surface area contributed by atoms with Gasteiger partial charge in [0.2, 0.25) is 0 Å². The average Bonchev–Trinajstić information content (AvgIpc) is 3.47. The molecule has 1 amide bonds. The first-order chi connectivity index (χ1) is 14.0.